The highest BCUT2D eigenvalue weighted by molar-refractivity contribution is 5.45. The molecule has 0 aliphatic carbocycles. The molecule has 1 aromatic carbocycles. The van der Waals surface area contributed by atoms with Crippen LogP contribution in [-0.4, -0.2) is 31.6 Å². The Morgan fingerprint density at radius 1 is 1.36 bits per heavy atom. The molecule has 2 fully saturated rings. The third kappa shape index (κ3) is 2.36. The van der Waals surface area contributed by atoms with Gasteiger partial charge >= 0.3 is 0 Å². The average Bonchev–Trinajstić information content (AvgIpc) is 2.80. The Balaban J connectivity index is 2.09. The minimum atomic E-state index is -3.09. The molecule has 5 N–H and O–H groups in total. The number of nitrogen functional groups attached to an aromatic ring is 1. The molecule has 2 saturated heterocycles. The van der Waals surface area contributed by atoms with E-state index in [1.54, 1.807) is 0 Å². The zero-order chi connectivity index (χ0) is 16.1. The van der Waals surface area contributed by atoms with Crippen LogP contribution in [0, 0.1) is 11.7 Å². The number of hydrogen-bond acceptors (Lipinski definition) is 5. The van der Waals surface area contributed by atoms with Gasteiger partial charge in [0.2, 0.25) is 0 Å². The van der Waals surface area contributed by atoms with E-state index in [2.05, 4.69) is 5.32 Å². The van der Waals surface area contributed by atoms with Crippen molar-refractivity contribution in [3.8, 4) is 0 Å². The molecule has 2 heterocycles. The quantitative estimate of drug-likeness (QED) is 0.713. The van der Waals surface area contributed by atoms with Crippen LogP contribution in [0.1, 0.15) is 12.5 Å². The summed E-state index contributed by atoms with van der Waals surface area (Å²) in [6.45, 7) is 0.581. The van der Waals surface area contributed by atoms with Gasteiger partial charge < -0.3 is 15.2 Å². The summed E-state index contributed by atoms with van der Waals surface area (Å²) in [7, 11) is 0. The number of benzene rings is 1. The minimum Gasteiger partial charge on any atom is -0.399 e. The first kappa shape index (κ1) is 15.5. The van der Waals surface area contributed by atoms with E-state index in [1.807, 2.05) is 0 Å². The predicted octanol–water partition coefficient (Wildman–Crippen LogP) is 1.14. The molecule has 4 atom stereocenters. The molecule has 1 aromatic rings. The van der Waals surface area contributed by atoms with Crippen LogP contribution >= 0.6 is 0 Å². The summed E-state index contributed by atoms with van der Waals surface area (Å²) in [5.41, 5.74) is 10.8. The second-order valence-electron chi connectivity index (χ2n) is 5.90. The predicted molar refractivity (Wildman–Crippen MR) is 73.4 cm³/mol. The molecule has 122 valence electrons. The molecule has 0 spiro atoms. The van der Waals surface area contributed by atoms with Crippen LogP contribution in [0.25, 0.3) is 0 Å². The van der Waals surface area contributed by atoms with Crippen molar-refractivity contribution in [3.05, 3.63) is 29.6 Å². The molecule has 0 amide bonds. The number of ether oxygens (including phenoxy) is 2. The third-order valence-electron chi connectivity index (χ3n) is 4.31. The molecule has 0 bridgehead atoms. The number of nitrogens with one attached hydrogen (secondary N) is 1. The molecular formula is C14H18F3N3O2. The molecule has 3 rings (SSSR count). The van der Waals surface area contributed by atoms with Crippen molar-refractivity contribution in [1.82, 2.24) is 5.32 Å². The molecule has 2 aliphatic heterocycles. The number of alkyl halides is 2. The summed E-state index contributed by atoms with van der Waals surface area (Å²) >= 11 is 0. The van der Waals surface area contributed by atoms with Gasteiger partial charge in [-0.25, -0.2) is 13.2 Å². The van der Waals surface area contributed by atoms with Crippen molar-refractivity contribution in [1.29, 1.82) is 0 Å². The van der Waals surface area contributed by atoms with Gasteiger partial charge in [-0.1, -0.05) is 0 Å². The summed E-state index contributed by atoms with van der Waals surface area (Å²) in [6.07, 6.45) is -2.29. The molecular weight excluding hydrogens is 299 g/mol. The summed E-state index contributed by atoms with van der Waals surface area (Å²) in [6, 6.07) is 4.04. The Bertz CT molecular complexity index is 581. The zero-order valence-corrected chi connectivity index (χ0v) is 12.0. The van der Waals surface area contributed by atoms with Gasteiger partial charge in [0.1, 0.15) is 11.9 Å². The van der Waals surface area contributed by atoms with Crippen molar-refractivity contribution in [2.75, 3.05) is 18.9 Å². The first-order valence-corrected chi connectivity index (χ1v) is 6.94. The Morgan fingerprint density at radius 3 is 2.77 bits per heavy atom. The molecule has 22 heavy (non-hydrogen) atoms. The fourth-order valence-electron chi connectivity index (χ4n) is 3.32. The molecule has 8 heteroatoms. The Kier molecular flexibility index (Phi) is 3.59. The van der Waals surface area contributed by atoms with E-state index >= 15 is 0 Å². The van der Waals surface area contributed by atoms with Gasteiger partial charge in [0.15, 0.2) is 6.35 Å². The van der Waals surface area contributed by atoms with Gasteiger partial charge in [0.25, 0.3) is 5.92 Å². The van der Waals surface area contributed by atoms with E-state index in [0.29, 0.717) is 5.69 Å². The number of anilines is 1. The standard InChI is InChI=1S/C14H18F3N3O2/c1-13(16,17)11-9-5-21-12(19)20-14(9,6-22-11)8-4-7(18)2-3-10(8)15/h2-4,9,11-12,20H,5-6,18-19H2,1H3/t9-,11+,12?,14-/m1/s1. The smallest absolute Gasteiger partial charge is 0.271 e. The SMILES string of the molecule is CC(F)(F)[C@H]1OC[C@]2(c3cc(N)ccc3F)NC(N)OC[C@H]12. The fraction of sp³-hybridized carbons (Fsp3) is 0.571. The topological polar surface area (TPSA) is 82.5 Å². The number of nitrogens with two attached hydrogens (primary N) is 2. The van der Waals surface area contributed by atoms with E-state index in [4.69, 9.17) is 20.9 Å². The maximum Gasteiger partial charge on any atom is 0.271 e. The second kappa shape index (κ2) is 5.09. The first-order chi connectivity index (χ1) is 10.2. The van der Waals surface area contributed by atoms with Crippen molar-refractivity contribution in [2.45, 2.75) is 30.8 Å². The maximum absolute atomic E-state index is 14.3. The second-order valence-corrected chi connectivity index (χ2v) is 5.90. The lowest BCUT2D eigenvalue weighted by Gasteiger charge is -2.43. The van der Waals surface area contributed by atoms with Crippen LogP contribution in [0.2, 0.25) is 0 Å². The van der Waals surface area contributed by atoms with Gasteiger partial charge in [-0.3, -0.25) is 11.1 Å². The highest BCUT2D eigenvalue weighted by atomic mass is 19.3. The summed E-state index contributed by atoms with van der Waals surface area (Å²) < 4.78 is 52.5. The van der Waals surface area contributed by atoms with Gasteiger partial charge in [-0.05, 0) is 18.2 Å². The molecule has 0 saturated carbocycles. The normalized spacial score (nSPS) is 35.4. The van der Waals surface area contributed by atoms with Crippen LogP contribution < -0.4 is 16.8 Å². The number of rotatable bonds is 2. The van der Waals surface area contributed by atoms with Crippen LogP contribution in [0.3, 0.4) is 0 Å². The summed E-state index contributed by atoms with van der Waals surface area (Å²) in [5.74, 6) is -4.43. The number of fused-ring (bicyclic) bond motifs is 1. The molecule has 1 unspecified atom stereocenters. The monoisotopic (exact) mass is 317 g/mol. The molecule has 0 radical (unpaired) electrons. The number of halogens is 3. The van der Waals surface area contributed by atoms with Crippen molar-refractivity contribution >= 4 is 5.69 Å². The van der Waals surface area contributed by atoms with Crippen LogP contribution in [-0.2, 0) is 15.0 Å². The molecule has 2 aliphatic rings. The molecule has 0 aromatic heterocycles. The van der Waals surface area contributed by atoms with Crippen molar-refractivity contribution in [3.63, 3.8) is 0 Å². The van der Waals surface area contributed by atoms with E-state index in [9.17, 15) is 13.2 Å². The minimum absolute atomic E-state index is 0.0590. The summed E-state index contributed by atoms with van der Waals surface area (Å²) in [4.78, 5) is 0. The van der Waals surface area contributed by atoms with Gasteiger partial charge in [-0.2, -0.15) is 0 Å². The lowest BCUT2D eigenvalue weighted by atomic mass is 9.76. The highest BCUT2D eigenvalue weighted by Crippen LogP contribution is 2.47. The van der Waals surface area contributed by atoms with E-state index < -0.39 is 35.7 Å². The van der Waals surface area contributed by atoms with Crippen molar-refractivity contribution < 1.29 is 22.6 Å². The van der Waals surface area contributed by atoms with Crippen LogP contribution in [0.15, 0.2) is 18.2 Å². The summed E-state index contributed by atoms with van der Waals surface area (Å²) in [5, 5.41) is 2.88. The van der Waals surface area contributed by atoms with Gasteiger partial charge in [0, 0.05) is 24.1 Å². The third-order valence-corrected chi connectivity index (χ3v) is 4.31. The van der Waals surface area contributed by atoms with Gasteiger partial charge in [0.05, 0.1) is 18.8 Å². The first-order valence-electron chi connectivity index (χ1n) is 6.94. The van der Waals surface area contributed by atoms with Crippen molar-refractivity contribution in [2.24, 2.45) is 11.7 Å². The van der Waals surface area contributed by atoms with E-state index in [-0.39, 0.29) is 18.8 Å². The lowest BCUT2D eigenvalue weighted by molar-refractivity contribution is -0.140. The Labute approximate surface area is 125 Å². The molecule has 5 nitrogen and oxygen atoms in total. The fourth-order valence-corrected chi connectivity index (χ4v) is 3.32. The van der Waals surface area contributed by atoms with Gasteiger partial charge in [-0.15, -0.1) is 0 Å². The van der Waals surface area contributed by atoms with Crippen LogP contribution in [0.4, 0.5) is 18.9 Å². The zero-order valence-electron chi connectivity index (χ0n) is 12.0. The van der Waals surface area contributed by atoms with E-state index in [0.717, 1.165) is 6.92 Å². The Morgan fingerprint density at radius 2 is 2.09 bits per heavy atom. The maximum atomic E-state index is 14.3. The Hall–Kier alpha value is -1.35. The lowest BCUT2D eigenvalue weighted by Crippen LogP contribution is -2.63. The van der Waals surface area contributed by atoms with Crippen LogP contribution in [0.5, 0.6) is 0 Å². The average molecular weight is 317 g/mol. The van der Waals surface area contributed by atoms with E-state index in [1.165, 1.54) is 18.2 Å². The largest absolute Gasteiger partial charge is 0.399 e. The highest BCUT2D eigenvalue weighted by Gasteiger charge is 2.60. The number of hydrogen-bond donors (Lipinski definition) is 3.